The third-order valence-corrected chi connectivity index (χ3v) is 3.22. The smallest absolute Gasteiger partial charge is 0.269 e. The highest BCUT2D eigenvalue weighted by Crippen LogP contribution is 2.24. The second kappa shape index (κ2) is 5.23. The van der Waals surface area contributed by atoms with Crippen molar-refractivity contribution in [3.8, 4) is 0 Å². The Bertz CT molecular complexity index is 538. The van der Waals surface area contributed by atoms with Crippen molar-refractivity contribution in [1.29, 1.82) is 0 Å². The van der Waals surface area contributed by atoms with E-state index in [1.165, 1.54) is 6.07 Å². The fourth-order valence-corrected chi connectivity index (χ4v) is 2.19. The lowest BCUT2D eigenvalue weighted by molar-refractivity contribution is -0.384. The van der Waals surface area contributed by atoms with Crippen LogP contribution < -0.4 is 0 Å². The first-order valence-electron chi connectivity index (χ1n) is 5.61. The van der Waals surface area contributed by atoms with Gasteiger partial charge in [-0.1, -0.05) is 24.3 Å². The van der Waals surface area contributed by atoms with Gasteiger partial charge < -0.3 is 0 Å². The largest absolute Gasteiger partial charge is 0.285 e. The molecule has 4 nitrogen and oxygen atoms in total. The lowest BCUT2D eigenvalue weighted by Crippen LogP contribution is -2.18. The summed E-state index contributed by atoms with van der Waals surface area (Å²) in [4.78, 5) is 10.3. The van der Waals surface area contributed by atoms with Gasteiger partial charge in [-0.15, -0.1) is 0 Å². The normalized spacial score (nSPS) is 15.1. The first kappa shape index (κ1) is 12.6. The van der Waals surface area contributed by atoms with Gasteiger partial charge in [0, 0.05) is 36.0 Å². The van der Waals surface area contributed by atoms with Gasteiger partial charge in [0.15, 0.2) is 0 Å². The Balaban J connectivity index is 2.26. The molecule has 0 N–H and O–H groups in total. The third kappa shape index (κ3) is 2.71. The van der Waals surface area contributed by atoms with E-state index in [0.29, 0.717) is 13.0 Å². The predicted octanol–water partition coefficient (Wildman–Crippen LogP) is 3.44. The average Bonchev–Trinajstić information content (AvgIpc) is 2.34. The van der Waals surface area contributed by atoms with Crippen molar-refractivity contribution in [2.75, 3.05) is 6.54 Å². The minimum absolute atomic E-state index is 0.109. The summed E-state index contributed by atoms with van der Waals surface area (Å²) in [6.45, 7) is 2.64. The van der Waals surface area contributed by atoms with Gasteiger partial charge in [0.1, 0.15) is 0 Å². The van der Waals surface area contributed by atoms with E-state index < -0.39 is 0 Å². The van der Waals surface area contributed by atoms with Crippen LogP contribution in [-0.2, 0) is 6.42 Å². The fraction of sp³-hybridized carbons (Fsp3) is 0.231. The molecule has 1 aliphatic heterocycles. The molecule has 2 rings (SSSR count). The molecule has 0 bridgehead atoms. The highest BCUT2D eigenvalue weighted by Gasteiger charge is 2.14. The van der Waals surface area contributed by atoms with Gasteiger partial charge >= 0.3 is 0 Å². The maximum absolute atomic E-state index is 10.7. The van der Waals surface area contributed by atoms with Crippen LogP contribution in [0.5, 0.6) is 0 Å². The minimum atomic E-state index is -0.385. The molecule has 0 unspecified atom stereocenters. The quantitative estimate of drug-likeness (QED) is 0.477. The minimum Gasteiger partial charge on any atom is -0.285 e. The van der Waals surface area contributed by atoms with Crippen LogP contribution in [0.4, 0.5) is 5.69 Å². The van der Waals surface area contributed by atoms with E-state index in [2.05, 4.69) is 0 Å². The molecule has 0 fully saturated rings. The molecule has 5 heteroatoms. The average molecular weight is 265 g/mol. The molecule has 18 heavy (non-hydrogen) atoms. The molecular weight excluding hydrogens is 252 g/mol. The van der Waals surface area contributed by atoms with Crippen molar-refractivity contribution in [3.63, 3.8) is 0 Å². The summed E-state index contributed by atoms with van der Waals surface area (Å²) in [5.41, 5.74) is 3.07. The van der Waals surface area contributed by atoms with E-state index in [0.717, 1.165) is 16.8 Å². The van der Waals surface area contributed by atoms with Crippen LogP contribution in [0.25, 0.3) is 0 Å². The summed E-state index contributed by atoms with van der Waals surface area (Å²) in [6, 6.07) is 6.64. The molecule has 0 aromatic heterocycles. The van der Waals surface area contributed by atoms with Crippen LogP contribution in [-0.4, -0.2) is 15.9 Å². The summed E-state index contributed by atoms with van der Waals surface area (Å²) in [6.07, 6.45) is 4.60. The van der Waals surface area contributed by atoms with Gasteiger partial charge in [-0.05, 0) is 18.1 Å². The van der Waals surface area contributed by atoms with Crippen molar-refractivity contribution in [1.82, 2.24) is 4.42 Å². The third-order valence-electron chi connectivity index (χ3n) is 2.87. The zero-order chi connectivity index (χ0) is 13.1. The van der Waals surface area contributed by atoms with Gasteiger partial charge in [0.2, 0.25) is 0 Å². The molecule has 0 radical (unpaired) electrons. The first-order valence-corrected chi connectivity index (χ1v) is 5.94. The Labute approximate surface area is 110 Å². The number of hydrogen-bond acceptors (Lipinski definition) is 3. The van der Waals surface area contributed by atoms with Crippen LogP contribution in [0.2, 0.25) is 0 Å². The van der Waals surface area contributed by atoms with Crippen LogP contribution in [0.3, 0.4) is 0 Å². The second-order valence-corrected chi connectivity index (χ2v) is 4.59. The Morgan fingerprint density at radius 1 is 1.50 bits per heavy atom. The van der Waals surface area contributed by atoms with Crippen molar-refractivity contribution >= 4 is 17.5 Å². The molecule has 0 amide bonds. The number of allylic oxidation sites excluding steroid dienone is 3. The molecule has 1 heterocycles. The number of benzene rings is 1. The molecule has 0 atom stereocenters. The van der Waals surface area contributed by atoms with E-state index >= 15 is 0 Å². The van der Waals surface area contributed by atoms with Crippen molar-refractivity contribution in [3.05, 3.63) is 63.4 Å². The summed E-state index contributed by atoms with van der Waals surface area (Å²) in [5.74, 6) is 0. The Hall–Kier alpha value is -1.81. The van der Waals surface area contributed by atoms with Crippen LogP contribution in [0.15, 0.2) is 47.7 Å². The zero-order valence-electron chi connectivity index (χ0n) is 9.97. The van der Waals surface area contributed by atoms with E-state index in [-0.39, 0.29) is 10.6 Å². The topological polar surface area (TPSA) is 46.4 Å². The Morgan fingerprint density at radius 3 is 2.94 bits per heavy atom. The number of non-ortho nitro benzene ring substituents is 1. The summed E-state index contributed by atoms with van der Waals surface area (Å²) in [5, 5.41) is 10.7. The van der Waals surface area contributed by atoms with E-state index in [1.54, 1.807) is 16.6 Å². The lowest BCUT2D eigenvalue weighted by Gasteiger charge is -2.23. The van der Waals surface area contributed by atoms with Gasteiger partial charge in [-0.25, -0.2) is 0 Å². The molecule has 1 aromatic carbocycles. The van der Waals surface area contributed by atoms with E-state index in [9.17, 15) is 10.1 Å². The molecule has 1 aromatic rings. The highest BCUT2D eigenvalue weighted by molar-refractivity contribution is 6.14. The highest BCUT2D eigenvalue weighted by atomic mass is 35.5. The number of rotatable bonds is 3. The molecule has 1 aliphatic rings. The fourth-order valence-electron chi connectivity index (χ4n) is 1.92. The van der Waals surface area contributed by atoms with Crippen LogP contribution in [0.1, 0.15) is 12.5 Å². The number of nitro groups is 1. The van der Waals surface area contributed by atoms with Gasteiger partial charge in [-0.3, -0.25) is 14.5 Å². The van der Waals surface area contributed by atoms with Crippen LogP contribution in [0, 0.1) is 10.1 Å². The van der Waals surface area contributed by atoms with Gasteiger partial charge in [-0.2, -0.15) is 0 Å². The lowest BCUT2D eigenvalue weighted by atomic mass is 10.0. The standard InChI is InChI=1S/C13H13ClN2O2/c1-10-4-3-7-15(14)13(10)9-11-5-2-6-12(8-11)16(17)18/h2-6,8H,7,9H2,1H3. The van der Waals surface area contributed by atoms with Crippen molar-refractivity contribution in [2.24, 2.45) is 0 Å². The number of halogens is 1. The summed E-state index contributed by atoms with van der Waals surface area (Å²) >= 11 is 6.12. The van der Waals surface area contributed by atoms with Gasteiger partial charge in [0.25, 0.3) is 5.69 Å². The maximum atomic E-state index is 10.7. The monoisotopic (exact) mass is 264 g/mol. The van der Waals surface area contributed by atoms with Crippen molar-refractivity contribution < 1.29 is 4.92 Å². The van der Waals surface area contributed by atoms with Gasteiger partial charge in [0.05, 0.1) is 11.5 Å². The predicted molar refractivity (Wildman–Crippen MR) is 71.2 cm³/mol. The Kier molecular flexibility index (Phi) is 3.67. The van der Waals surface area contributed by atoms with E-state index in [4.69, 9.17) is 11.8 Å². The number of nitrogens with zero attached hydrogens (tertiary/aromatic N) is 2. The van der Waals surface area contributed by atoms with Crippen LogP contribution >= 0.6 is 11.8 Å². The SMILES string of the molecule is CC1=C(Cc2cccc([N+](=O)[O-])c2)N(Cl)CC=C1. The molecule has 0 aliphatic carbocycles. The number of hydrogen-bond donors (Lipinski definition) is 0. The zero-order valence-corrected chi connectivity index (χ0v) is 10.7. The first-order chi connectivity index (χ1) is 8.58. The maximum Gasteiger partial charge on any atom is 0.269 e. The molecule has 0 saturated carbocycles. The Morgan fingerprint density at radius 2 is 2.28 bits per heavy atom. The summed E-state index contributed by atoms with van der Waals surface area (Å²) in [7, 11) is 0. The number of nitro benzene ring substituents is 1. The molecule has 94 valence electrons. The van der Waals surface area contributed by atoms with E-state index in [1.807, 2.05) is 25.1 Å². The summed E-state index contributed by atoms with van der Waals surface area (Å²) < 4.78 is 1.65. The molecule has 0 spiro atoms. The van der Waals surface area contributed by atoms with Crippen molar-refractivity contribution in [2.45, 2.75) is 13.3 Å². The molecular formula is C13H13ClN2O2. The molecule has 0 saturated heterocycles. The second-order valence-electron chi connectivity index (χ2n) is 4.18.